The molecule has 19 heavy (non-hydrogen) atoms. The van der Waals surface area contributed by atoms with E-state index in [9.17, 15) is 4.79 Å². The number of nitrogens with two attached hydrogens (primary N) is 1. The van der Waals surface area contributed by atoms with Crippen molar-refractivity contribution in [3.8, 4) is 0 Å². The van der Waals surface area contributed by atoms with Crippen molar-refractivity contribution in [2.75, 3.05) is 44.6 Å². The largest absolute Gasteiger partial charge is 0.384 e. The maximum Gasteiger partial charge on any atom is 0.250 e. The Morgan fingerprint density at radius 3 is 2.79 bits per heavy atom. The summed E-state index contributed by atoms with van der Waals surface area (Å²) in [5.41, 5.74) is 6.73. The second-order valence-electron chi connectivity index (χ2n) is 4.78. The van der Waals surface area contributed by atoms with Gasteiger partial charge in [-0.25, -0.2) is 0 Å². The van der Waals surface area contributed by atoms with Crippen LogP contribution < -0.4 is 16.4 Å². The van der Waals surface area contributed by atoms with Crippen molar-refractivity contribution in [1.29, 1.82) is 0 Å². The fourth-order valence-corrected chi connectivity index (χ4v) is 2.31. The Kier molecular flexibility index (Phi) is 5.18. The van der Waals surface area contributed by atoms with E-state index >= 15 is 0 Å². The summed E-state index contributed by atoms with van der Waals surface area (Å²) in [6, 6.07) is 7.38. The van der Waals surface area contributed by atoms with Gasteiger partial charge in [0.05, 0.1) is 5.56 Å². The fourth-order valence-electron chi connectivity index (χ4n) is 2.31. The summed E-state index contributed by atoms with van der Waals surface area (Å²) in [7, 11) is 0. The van der Waals surface area contributed by atoms with Crippen LogP contribution in [-0.2, 0) is 0 Å². The first-order valence-corrected chi connectivity index (χ1v) is 6.83. The molecule has 0 aromatic heterocycles. The van der Waals surface area contributed by atoms with E-state index in [4.69, 9.17) is 5.73 Å². The number of amides is 1. The van der Waals surface area contributed by atoms with E-state index in [1.165, 1.54) is 0 Å². The molecule has 4 N–H and O–H groups in total. The first kappa shape index (κ1) is 13.8. The highest BCUT2D eigenvalue weighted by Crippen LogP contribution is 2.13. The van der Waals surface area contributed by atoms with E-state index < -0.39 is 0 Å². The van der Waals surface area contributed by atoms with Crippen LogP contribution in [0.1, 0.15) is 16.8 Å². The number of rotatable bonds is 6. The number of piperazine rings is 1. The molecule has 1 aliphatic heterocycles. The Hall–Kier alpha value is -1.59. The Morgan fingerprint density at radius 1 is 1.32 bits per heavy atom. The first-order valence-electron chi connectivity index (χ1n) is 6.83. The molecule has 104 valence electrons. The summed E-state index contributed by atoms with van der Waals surface area (Å²) in [5.74, 6) is -0.384. The lowest BCUT2D eigenvalue weighted by atomic mass is 10.1. The Bertz CT molecular complexity index is 416. The summed E-state index contributed by atoms with van der Waals surface area (Å²) in [6.07, 6.45) is 1.06. The van der Waals surface area contributed by atoms with E-state index in [0.717, 1.165) is 51.4 Å². The molecule has 5 heteroatoms. The number of carbonyl (C=O) groups excluding carboxylic acids is 1. The predicted octanol–water partition coefficient (Wildman–Crippen LogP) is 0.493. The summed E-state index contributed by atoms with van der Waals surface area (Å²) < 4.78 is 0. The number of hydrogen-bond acceptors (Lipinski definition) is 4. The molecule has 0 radical (unpaired) electrons. The molecule has 1 heterocycles. The van der Waals surface area contributed by atoms with Crippen LogP contribution in [0.5, 0.6) is 0 Å². The molecule has 0 atom stereocenters. The van der Waals surface area contributed by atoms with Gasteiger partial charge >= 0.3 is 0 Å². The summed E-state index contributed by atoms with van der Waals surface area (Å²) in [6.45, 7) is 6.35. The van der Waals surface area contributed by atoms with Gasteiger partial charge in [0.1, 0.15) is 0 Å². The molecule has 1 aliphatic rings. The molecule has 1 saturated heterocycles. The molecule has 0 saturated carbocycles. The van der Waals surface area contributed by atoms with Crippen molar-refractivity contribution in [2.24, 2.45) is 5.73 Å². The minimum Gasteiger partial charge on any atom is -0.384 e. The number of carbonyl (C=O) groups is 1. The topological polar surface area (TPSA) is 70.4 Å². The van der Waals surface area contributed by atoms with Crippen molar-refractivity contribution in [3.63, 3.8) is 0 Å². The number of para-hydroxylation sites is 1. The molecule has 2 rings (SSSR count). The van der Waals surface area contributed by atoms with Crippen LogP contribution in [-0.4, -0.2) is 50.1 Å². The van der Waals surface area contributed by atoms with Gasteiger partial charge in [0, 0.05) is 38.4 Å². The van der Waals surface area contributed by atoms with Crippen molar-refractivity contribution < 1.29 is 4.79 Å². The van der Waals surface area contributed by atoms with Crippen LogP contribution in [0.3, 0.4) is 0 Å². The van der Waals surface area contributed by atoms with Crippen LogP contribution in [0.25, 0.3) is 0 Å². The second-order valence-corrected chi connectivity index (χ2v) is 4.78. The van der Waals surface area contributed by atoms with E-state index in [0.29, 0.717) is 5.56 Å². The highest BCUT2D eigenvalue weighted by atomic mass is 16.1. The van der Waals surface area contributed by atoms with Gasteiger partial charge in [0.15, 0.2) is 0 Å². The van der Waals surface area contributed by atoms with E-state index in [1.807, 2.05) is 18.2 Å². The standard InChI is InChI=1S/C14H22N4O/c15-14(19)12-4-1-2-5-13(12)17-6-3-9-18-10-7-16-8-11-18/h1-2,4-5,16-17H,3,6-11H2,(H2,15,19). The number of anilines is 1. The molecule has 0 unspecified atom stereocenters. The molecule has 1 aromatic rings. The number of nitrogens with one attached hydrogen (secondary N) is 2. The normalized spacial score (nSPS) is 16.2. The van der Waals surface area contributed by atoms with Gasteiger partial charge in [0.2, 0.25) is 0 Å². The summed E-state index contributed by atoms with van der Waals surface area (Å²) in [5, 5.41) is 6.63. The fraction of sp³-hybridized carbons (Fsp3) is 0.500. The highest BCUT2D eigenvalue weighted by Gasteiger charge is 2.09. The smallest absolute Gasteiger partial charge is 0.250 e. The predicted molar refractivity (Wildman–Crippen MR) is 77.4 cm³/mol. The zero-order chi connectivity index (χ0) is 13.5. The highest BCUT2D eigenvalue weighted by molar-refractivity contribution is 5.98. The van der Waals surface area contributed by atoms with Gasteiger partial charge in [-0.05, 0) is 25.1 Å². The summed E-state index contributed by atoms with van der Waals surface area (Å²) in [4.78, 5) is 13.7. The molecule has 0 aliphatic carbocycles. The maximum atomic E-state index is 11.3. The zero-order valence-electron chi connectivity index (χ0n) is 11.2. The van der Waals surface area contributed by atoms with Crippen LogP contribution in [0.15, 0.2) is 24.3 Å². The van der Waals surface area contributed by atoms with Crippen LogP contribution in [0, 0.1) is 0 Å². The maximum absolute atomic E-state index is 11.3. The second kappa shape index (κ2) is 7.11. The molecular formula is C14H22N4O. The minimum atomic E-state index is -0.384. The Morgan fingerprint density at radius 2 is 2.05 bits per heavy atom. The molecule has 1 fully saturated rings. The SMILES string of the molecule is NC(=O)c1ccccc1NCCCN1CCNCC1. The first-order chi connectivity index (χ1) is 9.27. The van der Waals surface area contributed by atoms with Crippen molar-refractivity contribution in [1.82, 2.24) is 10.2 Å². The third-order valence-electron chi connectivity index (χ3n) is 3.37. The zero-order valence-corrected chi connectivity index (χ0v) is 11.2. The lowest BCUT2D eigenvalue weighted by molar-refractivity contribution is 0.100. The lowest BCUT2D eigenvalue weighted by Crippen LogP contribution is -2.44. The van der Waals surface area contributed by atoms with Crippen LogP contribution in [0.2, 0.25) is 0 Å². The molecular weight excluding hydrogens is 240 g/mol. The van der Waals surface area contributed by atoms with Crippen LogP contribution >= 0.6 is 0 Å². The number of nitrogens with zero attached hydrogens (tertiary/aromatic N) is 1. The van der Waals surface area contributed by atoms with Gasteiger partial charge in [-0.1, -0.05) is 12.1 Å². The Labute approximate surface area is 114 Å². The molecule has 5 nitrogen and oxygen atoms in total. The number of hydrogen-bond donors (Lipinski definition) is 3. The average Bonchev–Trinajstić information content (AvgIpc) is 2.45. The average molecular weight is 262 g/mol. The number of benzene rings is 1. The van der Waals surface area contributed by atoms with E-state index in [2.05, 4.69) is 15.5 Å². The Balaban J connectivity index is 1.74. The monoisotopic (exact) mass is 262 g/mol. The van der Waals surface area contributed by atoms with Crippen molar-refractivity contribution >= 4 is 11.6 Å². The molecule has 0 bridgehead atoms. The van der Waals surface area contributed by atoms with Gasteiger partial charge in [-0.3, -0.25) is 4.79 Å². The lowest BCUT2D eigenvalue weighted by Gasteiger charge is -2.27. The van der Waals surface area contributed by atoms with Gasteiger partial charge in [-0.2, -0.15) is 0 Å². The van der Waals surface area contributed by atoms with E-state index in [-0.39, 0.29) is 5.91 Å². The van der Waals surface area contributed by atoms with E-state index in [1.54, 1.807) is 6.07 Å². The summed E-state index contributed by atoms with van der Waals surface area (Å²) >= 11 is 0. The molecule has 1 aromatic carbocycles. The third-order valence-corrected chi connectivity index (χ3v) is 3.37. The quantitative estimate of drug-likeness (QED) is 0.653. The van der Waals surface area contributed by atoms with Crippen molar-refractivity contribution in [3.05, 3.63) is 29.8 Å². The van der Waals surface area contributed by atoms with Crippen LogP contribution in [0.4, 0.5) is 5.69 Å². The molecule has 0 spiro atoms. The third kappa shape index (κ3) is 4.22. The number of primary amides is 1. The van der Waals surface area contributed by atoms with Gasteiger partial charge in [0.25, 0.3) is 5.91 Å². The molecule has 1 amide bonds. The minimum absolute atomic E-state index is 0.384. The van der Waals surface area contributed by atoms with Gasteiger partial charge in [-0.15, -0.1) is 0 Å². The van der Waals surface area contributed by atoms with Gasteiger partial charge < -0.3 is 21.3 Å². The van der Waals surface area contributed by atoms with Crippen molar-refractivity contribution in [2.45, 2.75) is 6.42 Å².